The van der Waals surface area contributed by atoms with Crippen LogP contribution in [-0.4, -0.2) is 21.0 Å². The number of imidazole rings is 1. The molecule has 3 aromatic rings. The molecule has 2 aromatic heterocycles. The second kappa shape index (κ2) is 5.43. The van der Waals surface area contributed by atoms with E-state index >= 15 is 0 Å². The van der Waals surface area contributed by atoms with Crippen molar-refractivity contribution in [2.75, 3.05) is 0 Å². The zero-order valence-electron chi connectivity index (χ0n) is 11.5. The molecule has 0 aliphatic rings. The van der Waals surface area contributed by atoms with Crippen LogP contribution in [0.5, 0.6) is 0 Å². The number of aryl methyl sites for hydroxylation is 1. The molecular weight excluding hydrogens is 248 g/mol. The van der Waals surface area contributed by atoms with Crippen molar-refractivity contribution in [2.24, 2.45) is 5.73 Å². The molecular formula is C16H18N4. The molecule has 0 saturated carbocycles. The third-order valence-electron chi connectivity index (χ3n) is 3.39. The minimum absolute atomic E-state index is 0.236. The highest BCUT2D eigenvalue weighted by molar-refractivity contribution is 5.79. The Kier molecular flexibility index (Phi) is 3.48. The van der Waals surface area contributed by atoms with Gasteiger partial charge in [-0.25, -0.2) is 4.98 Å². The van der Waals surface area contributed by atoms with E-state index in [2.05, 4.69) is 33.2 Å². The summed E-state index contributed by atoms with van der Waals surface area (Å²) >= 11 is 0. The molecule has 3 N–H and O–H groups in total. The molecule has 1 unspecified atom stereocenters. The maximum Gasteiger partial charge on any atom is 0.138 e. The normalized spacial score (nSPS) is 12.7. The maximum atomic E-state index is 5.81. The summed E-state index contributed by atoms with van der Waals surface area (Å²) in [5, 5.41) is 0. The van der Waals surface area contributed by atoms with Crippen molar-refractivity contribution >= 4 is 11.0 Å². The van der Waals surface area contributed by atoms with Crippen molar-refractivity contribution in [3.05, 3.63) is 48.3 Å². The van der Waals surface area contributed by atoms with Gasteiger partial charge in [-0.2, -0.15) is 0 Å². The second-order valence-electron chi connectivity index (χ2n) is 5.19. The van der Waals surface area contributed by atoms with Crippen molar-refractivity contribution < 1.29 is 0 Å². The minimum atomic E-state index is 0.236. The molecule has 4 nitrogen and oxygen atoms in total. The number of pyridine rings is 1. The number of aromatic amines is 1. The van der Waals surface area contributed by atoms with Crippen molar-refractivity contribution in [1.29, 1.82) is 0 Å². The molecule has 0 aliphatic heterocycles. The lowest BCUT2D eigenvalue weighted by Gasteiger charge is -2.04. The van der Waals surface area contributed by atoms with E-state index in [1.807, 2.05) is 19.1 Å². The van der Waals surface area contributed by atoms with Gasteiger partial charge < -0.3 is 10.7 Å². The number of nitrogens with one attached hydrogen (secondary N) is 1. The third-order valence-corrected chi connectivity index (χ3v) is 3.39. The number of hydrogen-bond acceptors (Lipinski definition) is 3. The number of nitrogens with zero attached hydrogens (tertiary/aromatic N) is 2. The number of H-pyrrole nitrogens is 1. The van der Waals surface area contributed by atoms with Gasteiger partial charge in [-0.3, -0.25) is 4.98 Å². The Bertz CT molecular complexity index is 701. The number of nitrogens with two attached hydrogens (primary N) is 1. The lowest BCUT2D eigenvalue weighted by Crippen LogP contribution is -2.15. The van der Waals surface area contributed by atoms with Crippen LogP contribution in [0.1, 0.15) is 18.9 Å². The molecule has 0 aliphatic carbocycles. The van der Waals surface area contributed by atoms with E-state index in [0.29, 0.717) is 0 Å². The summed E-state index contributed by atoms with van der Waals surface area (Å²) in [5.74, 6) is 0.881. The SMILES string of the molecule is CC(N)CCc1ccc2nc(-c3ccncc3)[nH]c2c1. The number of hydrogen-bond donors (Lipinski definition) is 2. The van der Waals surface area contributed by atoms with E-state index in [1.54, 1.807) is 12.4 Å². The van der Waals surface area contributed by atoms with Gasteiger partial charge in [0.1, 0.15) is 5.82 Å². The fraction of sp³-hybridized carbons (Fsp3) is 0.250. The van der Waals surface area contributed by atoms with Crippen LogP contribution in [-0.2, 0) is 6.42 Å². The van der Waals surface area contributed by atoms with Gasteiger partial charge in [0.15, 0.2) is 0 Å². The maximum absolute atomic E-state index is 5.81. The minimum Gasteiger partial charge on any atom is -0.338 e. The highest BCUT2D eigenvalue weighted by atomic mass is 14.9. The molecule has 2 heterocycles. The molecule has 1 atom stereocenters. The van der Waals surface area contributed by atoms with Gasteiger partial charge in [-0.1, -0.05) is 6.07 Å². The molecule has 1 aromatic carbocycles. The first-order valence-electron chi connectivity index (χ1n) is 6.87. The van der Waals surface area contributed by atoms with Crippen molar-refractivity contribution in [3.63, 3.8) is 0 Å². The molecule has 0 amide bonds. The molecule has 3 rings (SSSR count). The molecule has 0 bridgehead atoms. The van der Waals surface area contributed by atoms with Crippen LogP contribution < -0.4 is 5.73 Å². The predicted octanol–water partition coefficient (Wildman–Crippen LogP) is 2.90. The Labute approximate surface area is 118 Å². The molecule has 0 fully saturated rings. The van der Waals surface area contributed by atoms with Gasteiger partial charge in [-0.05, 0) is 49.6 Å². The smallest absolute Gasteiger partial charge is 0.138 e. The summed E-state index contributed by atoms with van der Waals surface area (Å²) in [6.45, 7) is 2.04. The Hall–Kier alpha value is -2.20. The van der Waals surface area contributed by atoms with Gasteiger partial charge >= 0.3 is 0 Å². The molecule has 0 saturated heterocycles. The third kappa shape index (κ3) is 2.70. The quantitative estimate of drug-likeness (QED) is 0.763. The van der Waals surface area contributed by atoms with E-state index in [-0.39, 0.29) is 6.04 Å². The highest BCUT2D eigenvalue weighted by Crippen LogP contribution is 2.21. The van der Waals surface area contributed by atoms with E-state index in [1.165, 1.54) is 5.56 Å². The van der Waals surface area contributed by atoms with Gasteiger partial charge in [0, 0.05) is 24.0 Å². The number of aromatic nitrogens is 3. The molecule has 102 valence electrons. The lowest BCUT2D eigenvalue weighted by molar-refractivity contribution is 0.666. The fourth-order valence-electron chi connectivity index (χ4n) is 2.25. The Morgan fingerprint density at radius 3 is 2.75 bits per heavy atom. The van der Waals surface area contributed by atoms with Gasteiger partial charge in [-0.15, -0.1) is 0 Å². The Balaban J connectivity index is 1.91. The molecule has 0 radical (unpaired) electrons. The molecule has 4 heteroatoms. The predicted molar refractivity (Wildman–Crippen MR) is 81.3 cm³/mol. The monoisotopic (exact) mass is 266 g/mol. The average molecular weight is 266 g/mol. The summed E-state index contributed by atoms with van der Waals surface area (Å²) < 4.78 is 0. The van der Waals surface area contributed by atoms with E-state index in [4.69, 9.17) is 5.73 Å². The van der Waals surface area contributed by atoms with Crippen molar-refractivity contribution in [3.8, 4) is 11.4 Å². The average Bonchev–Trinajstić information content (AvgIpc) is 2.89. The molecule has 0 spiro atoms. The van der Waals surface area contributed by atoms with E-state index in [9.17, 15) is 0 Å². The van der Waals surface area contributed by atoms with Crippen LogP contribution in [0.15, 0.2) is 42.7 Å². The fourth-order valence-corrected chi connectivity index (χ4v) is 2.25. The first-order valence-corrected chi connectivity index (χ1v) is 6.87. The Morgan fingerprint density at radius 2 is 2.00 bits per heavy atom. The second-order valence-corrected chi connectivity index (χ2v) is 5.19. The van der Waals surface area contributed by atoms with Crippen LogP contribution in [0, 0.1) is 0 Å². The first-order chi connectivity index (χ1) is 9.72. The van der Waals surface area contributed by atoms with Crippen LogP contribution in [0.2, 0.25) is 0 Å². The lowest BCUT2D eigenvalue weighted by atomic mass is 10.1. The number of rotatable bonds is 4. The first kappa shape index (κ1) is 12.8. The summed E-state index contributed by atoms with van der Waals surface area (Å²) in [7, 11) is 0. The summed E-state index contributed by atoms with van der Waals surface area (Å²) in [6, 6.07) is 10.5. The zero-order chi connectivity index (χ0) is 13.9. The van der Waals surface area contributed by atoms with Crippen molar-refractivity contribution in [2.45, 2.75) is 25.8 Å². The largest absolute Gasteiger partial charge is 0.338 e. The number of benzene rings is 1. The topological polar surface area (TPSA) is 67.6 Å². The van der Waals surface area contributed by atoms with Crippen molar-refractivity contribution in [1.82, 2.24) is 15.0 Å². The summed E-state index contributed by atoms with van der Waals surface area (Å²) in [6.07, 6.45) is 5.54. The van der Waals surface area contributed by atoms with E-state index < -0.39 is 0 Å². The Morgan fingerprint density at radius 1 is 1.20 bits per heavy atom. The van der Waals surface area contributed by atoms with E-state index in [0.717, 1.165) is 35.3 Å². The van der Waals surface area contributed by atoms with Crippen LogP contribution in [0.3, 0.4) is 0 Å². The zero-order valence-corrected chi connectivity index (χ0v) is 11.5. The number of fused-ring (bicyclic) bond motifs is 1. The van der Waals surface area contributed by atoms with Gasteiger partial charge in [0.25, 0.3) is 0 Å². The van der Waals surface area contributed by atoms with Gasteiger partial charge in [0.05, 0.1) is 11.0 Å². The highest BCUT2D eigenvalue weighted by Gasteiger charge is 2.06. The summed E-state index contributed by atoms with van der Waals surface area (Å²) in [4.78, 5) is 12.0. The standard InChI is InChI=1S/C16H18N4/c1-11(17)2-3-12-4-5-14-15(10-12)20-16(19-14)13-6-8-18-9-7-13/h4-11H,2-3,17H2,1H3,(H,19,20). The van der Waals surface area contributed by atoms with Crippen LogP contribution >= 0.6 is 0 Å². The van der Waals surface area contributed by atoms with Crippen LogP contribution in [0.25, 0.3) is 22.4 Å². The van der Waals surface area contributed by atoms with Gasteiger partial charge in [0.2, 0.25) is 0 Å². The van der Waals surface area contributed by atoms with Crippen LogP contribution in [0.4, 0.5) is 0 Å². The summed E-state index contributed by atoms with van der Waals surface area (Å²) in [5.41, 5.74) is 10.2. The molecule has 20 heavy (non-hydrogen) atoms.